The summed E-state index contributed by atoms with van der Waals surface area (Å²) < 4.78 is 17.5. The van der Waals surface area contributed by atoms with Crippen LogP contribution in [0.3, 0.4) is 0 Å². The van der Waals surface area contributed by atoms with Crippen molar-refractivity contribution in [1.82, 2.24) is 30.4 Å². The van der Waals surface area contributed by atoms with Crippen molar-refractivity contribution in [1.29, 1.82) is 0 Å². The summed E-state index contributed by atoms with van der Waals surface area (Å²) in [7, 11) is 1.92. The molecule has 10 heteroatoms. The predicted octanol–water partition coefficient (Wildman–Crippen LogP) is 2.98. The van der Waals surface area contributed by atoms with E-state index in [2.05, 4.69) is 46.5 Å². The second-order valence-corrected chi connectivity index (χ2v) is 9.54. The number of amides is 1. The van der Waals surface area contributed by atoms with Crippen LogP contribution in [0.15, 0.2) is 47.7 Å². The number of nitrogens with zero attached hydrogens (tertiary/aromatic N) is 6. The van der Waals surface area contributed by atoms with E-state index >= 15 is 0 Å². The molecule has 1 aromatic carbocycles. The van der Waals surface area contributed by atoms with E-state index in [1.165, 1.54) is 0 Å². The fraction of sp³-hybridized carbons (Fsp3) is 0.444. The van der Waals surface area contributed by atoms with Gasteiger partial charge in [-0.15, -0.1) is 10.6 Å². The number of aryl methyl sites for hydroxylation is 1. The van der Waals surface area contributed by atoms with Gasteiger partial charge in [-0.25, -0.2) is 9.51 Å². The lowest BCUT2D eigenvalue weighted by Crippen LogP contribution is -2.53. The van der Waals surface area contributed by atoms with Crippen LogP contribution in [0.1, 0.15) is 36.2 Å². The fourth-order valence-electron chi connectivity index (χ4n) is 4.51. The van der Waals surface area contributed by atoms with E-state index in [9.17, 15) is 9.18 Å². The number of rotatable bonds is 9. The number of halogens is 1. The summed E-state index contributed by atoms with van der Waals surface area (Å²) in [5, 5.41) is 8.17. The van der Waals surface area contributed by atoms with Crippen molar-refractivity contribution in [2.24, 2.45) is 5.10 Å². The Hall–Kier alpha value is -3.50. The Morgan fingerprint density at radius 3 is 2.73 bits per heavy atom. The Bertz CT molecular complexity index is 1140. The molecule has 0 spiro atoms. The third-order valence-corrected chi connectivity index (χ3v) is 6.56. The molecule has 3 heterocycles. The van der Waals surface area contributed by atoms with Gasteiger partial charge < -0.3 is 9.64 Å². The highest BCUT2D eigenvalue weighted by Gasteiger charge is 2.26. The molecular formula is C27H36FN7O2. The van der Waals surface area contributed by atoms with Gasteiger partial charge >= 0.3 is 0 Å². The second-order valence-electron chi connectivity index (χ2n) is 9.54. The van der Waals surface area contributed by atoms with Crippen LogP contribution in [-0.4, -0.2) is 82.7 Å². The van der Waals surface area contributed by atoms with Gasteiger partial charge in [0.25, 0.3) is 0 Å². The van der Waals surface area contributed by atoms with Gasteiger partial charge in [0.1, 0.15) is 24.9 Å². The fourth-order valence-corrected chi connectivity index (χ4v) is 4.51. The van der Waals surface area contributed by atoms with Crippen molar-refractivity contribution in [3.05, 3.63) is 65.0 Å². The first-order chi connectivity index (χ1) is 17.8. The number of amidine groups is 1. The standard InChI is InChI=1S/C27H36FN7O2/c1-20-5-6-23(24(15-20)18-35-30-22(3)32(4)31-35)7-10-27(36)34-13-12-33(17-21(34)2)19-25-8-9-26(16-29-25)37-14-11-28/h5-10,15-16,21,31H,11-14,17-19H2,1-4H3/b10-7+/t21-/m1/s1. The monoisotopic (exact) mass is 509 g/mol. The van der Waals surface area contributed by atoms with Crippen molar-refractivity contribution >= 4 is 17.8 Å². The molecule has 1 saturated heterocycles. The molecule has 2 aromatic rings. The minimum atomic E-state index is -0.521. The van der Waals surface area contributed by atoms with E-state index in [0.29, 0.717) is 25.4 Å². The topological polar surface area (TPSA) is 76.5 Å². The number of aromatic nitrogens is 1. The second kappa shape index (κ2) is 12.2. The first-order valence-electron chi connectivity index (χ1n) is 12.6. The minimum absolute atomic E-state index is 0.0130. The molecule has 1 fully saturated rings. The number of hydrogen-bond donors (Lipinski definition) is 1. The van der Waals surface area contributed by atoms with Gasteiger partial charge in [0, 0.05) is 45.3 Å². The van der Waals surface area contributed by atoms with Crippen LogP contribution in [0.25, 0.3) is 6.08 Å². The summed E-state index contributed by atoms with van der Waals surface area (Å²) in [6.07, 6.45) is 5.21. The number of hydrazine groups is 2. The van der Waals surface area contributed by atoms with Crippen LogP contribution >= 0.6 is 0 Å². The van der Waals surface area contributed by atoms with Crippen molar-refractivity contribution in [3.63, 3.8) is 0 Å². The third kappa shape index (κ3) is 7.05. The average Bonchev–Trinajstić information content (AvgIpc) is 3.19. The van der Waals surface area contributed by atoms with Gasteiger partial charge in [0.2, 0.25) is 5.91 Å². The van der Waals surface area contributed by atoms with E-state index in [1.807, 2.05) is 48.2 Å². The largest absolute Gasteiger partial charge is 0.489 e. The zero-order chi connectivity index (χ0) is 26.4. The zero-order valence-electron chi connectivity index (χ0n) is 22.0. The Labute approximate surface area is 218 Å². The SMILES string of the molecule is CC1=NN(Cc2cc(C)ccc2/C=C/C(=O)N2CCN(Cc3ccc(OCCF)cn3)C[C@H]2C)NN1C. The van der Waals surface area contributed by atoms with E-state index in [-0.39, 0.29) is 18.6 Å². The van der Waals surface area contributed by atoms with Gasteiger partial charge in [-0.1, -0.05) is 23.8 Å². The van der Waals surface area contributed by atoms with Crippen LogP contribution in [0, 0.1) is 6.92 Å². The van der Waals surface area contributed by atoms with Crippen molar-refractivity contribution in [2.75, 3.05) is 40.0 Å². The average molecular weight is 510 g/mol. The molecule has 2 aliphatic heterocycles. The van der Waals surface area contributed by atoms with E-state index in [4.69, 9.17) is 4.74 Å². The van der Waals surface area contributed by atoms with E-state index < -0.39 is 6.67 Å². The molecule has 0 saturated carbocycles. The molecule has 1 atom stereocenters. The Morgan fingerprint density at radius 2 is 2.05 bits per heavy atom. The molecule has 9 nitrogen and oxygen atoms in total. The lowest BCUT2D eigenvalue weighted by atomic mass is 10.0. The Morgan fingerprint density at radius 1 is 1.22 bits per heavy atom. The Kier molecular flexibility index (Phi) is 8.73. The van der Waals surface area contributed by atoms with Gasteiger partial charge in [-0.2, -0.15) is 0 Å². The summed E-state index contributed by atoms with van der Waals surface area (Å²) in [4.78, 5) is 21.7. The first-order valence-corrected chi connectivity index (χ1v) is 12.6. The van der Waals surface area contributed by atoms with Crippen molar-refractivity contribution < 1.29 is 13.9 Å². The highest BCUT2D eigenvalue weighted by molar-refractivity contribution is 5.92. The number of benzene rings is 1. The normalized spacial score (nSPS) is 18.6. The molecule has 198 valence electrons. The quantitative estimate of drug-likeness (QED) is 0.521. The maximum absolute atomic E-state index is 13.1. The summed E-state index contributed by atoms with van der Waals surface area (Å²) in [5.74, 6) is 1.48. The third-order valence-electron chi connectivity index (χ3n) is 6.56. The predicted molar refractivity (Wildman–Crippen MR) is 142 cm³/mol. The lowest BCUT2D eigenvalue weighted by molar-refractivity contribution is -0.130. The van der Waals surface area contributed by atoms with Crippen LogP contribution in [0.5, 0.6) is 5.75 Å². The molecule has 0 aliphatic carbocycles. The van der Waals surface area contributed by atoms with Crippen LogP contribution in [0.2, 0.25) is 0 Å². The van der Waals surface area contributed by atoms with E-state index in [0.717, 1.165) is 41.3 Å². The van der Waals surface area contributed by atoms with Gasteiger partial charge in [0.15, 0.2) is 0 Å². The molecular weight excluding hydrogens is 473 g/mol. The number of ether oxygens (including phenoxy) is 1. The Balaban J connectivity index is 1.33. The summed E-state index contributed by atoms with van der Waals surface area (Å²) in [6, 6.07) is 10.0. The molecule has 1 aromatic heterocycles. The van der Waals surface area contributed by atoms with Gasteiger partial charge in [0.05, 0.1) is 18.4 Å². The number of nitrogens with one attached hydrogen (secondary N) is 1. The summed E-state index contributed by atoms with van der Waals surface area (Å²) in [6.45, 7) is 9.07. The smallest absolute Gasteiger partial charge is 0.246 e. The number of hydrazone groups is 1. The molecule has 37 heavy (non-hydrogen) atoms. The van der Waals surface area contributed by atoms with Gasteiger partial charge in [-0.05, 0) is 50.1 Å². The molecule has 0 unspecified atom stereocenters. The maximum Gasteiger partial charge on any atom is 0.246 e. The van der Waals surface area contributed by atoms with Crippen LogP contribution in [0.4, 0.5) is 4.39 Å². The molecule has 4 rings (SSSR count). The summed E-state index contributed by atoms with van der Waals surface area (Å²) >= 11 is 0. The number of pyridine rings is 1. The minimum Gasteiger partial charge on any atom is -0.489 e. The van der Waals surface area contributed by atoms with Crippen molar-refractivity contribution in [2.45, 2.75) is 39.9 Å². The number of carbonyl (C=O) groups is 1. The summed E-state index contributed by atoms with van der Waals surface area (Å²) in [5.41, 5.74) is 7.36. The number of alkyl halides is 1. The molecule has 1 N–H and O–H groups in total. The molecule has 0 radical (unpaired) electrons. The maximum atomic E-state index is 13.1. The number of carbonyl (C=O) groups excluding carboxylic acids is 1. The highest BCUT2D eigenvalue weighted by atomic mass is 19.1. The number of piperazine rings is 1. The first kappa shape index (κ1) is 26.6. The van der Waals surface area contributed by atoms with Gasteiger partial charge in [-0.3, -0.25) is 19.7 Å². The molecule has 1 amide bonds. The molecule has 0 bridgehead atoms. The van der Waals surface area contributed by atoms with Crippen LogP contribution in [-0.2, 0) is 17.9 Å². The molecule has 2 aliphatic rings. The van der Waals surface area contributed by atoms with Crippen molar-refractivity contribution in [3.8, 4) is 5.75 Å². The van der Waals surface area contributed by atoms with E-state index in [1.54, 1.807) is 17.4 Å². The zero-order valence-corrected chi connectivity index (χ0v) is 22.0. The number of hydrogen-bond acceptors (Lipinski definition) is 8. The lowest BCUT2D eigenvalue weighted by Gasteiger charge is -2.39. The van der Waals surface area contributed by atoms with Crippen LogP contribution < -0.4 is 10.3 Å². The highest BCUT2D eigenvalue weighted by Crippen LogP contribution is 2.19.